The van der Waals surface area contributed by atoms with E-state index < -0.39 is 0 Å². The second-order valence-corrected chi connectivity index (χ2v) is 6.49. The zero-order valence-electron chi connectivity index (χ0n) is 6.58. The summed E-state index contributed by atoms with van der Waals surface area (Å²) in [4.78, 5) is 0. The van der Waals surface area contributed by atoms with Gasteiger partial charge in [0.25, 0.3) is 0 Å². The maximum absolute atomic E-state index is 2.30. The minimum absolute atomic E-state index is 0.550. The van der Waals surface area contributed by atoms with Gasteiger partial charge in [-0.2, -0.15) is 0 Å². The second kappa shape index (κ2) is 2.67. The van der Waals surface area contributed by atoms with Crippen molar-refractivity contribution in [3.63, 3.8) is 0 Å². The molecule has 1 heteroatoms. The molecule has 0 heterocycles. The molecule has 0 N–H and O–H groups in total. The molecule has 0 amide bonds. The van der Waals surface area contributed by atoms with E-state index in [-0.39, 0.29) is 0 Å². The van der Waals surface area contributed by atoms with Gasteiger partial charge in [-0.3, -0.25) is 0 Å². The topological polar surface area (TPSA) is 0 Å². The van der Waals surface area contributed by atoms with Crippen LogP contribution in [0.1, 0.15) is 34.6 Å². The van der Waals surface area contributed by atoms with Gasteiger partial charge < -0.3 is 0 Å². The monoisotopic (exact) mass is 128 g/mol. The summed E-state index contributed by atoms with van der Waals surface area (Å²) in [5, 5.41) is 0.550. The molecule has 0 aromatic rings. The molecule has 0 rings (SSSR count). The lowest BCUT2D eigenvalue weighted by atomic mass is 10.2. The predicted molar refractivity (Wildman–Crippen MR) is 40.6 cm³/mol. The average molecular weight is 128 g/mol. The maximum Gasteiger partial charge on any atom is 0.0474 e. The van der Waals surface area contributed by atoms with Gasteiger partial charge in [0.2, 0.25) is 0 Å². The van der Waals surface area contributed by atoms with Crippen molar-refractivity contribution in [3.05, 3.63) is 0 Å². The molecule has 0 unspecified atom stereocenters. The summed E-state index contributed by atoms with van der Waals surface area (Å²) in [7, 11) is 1.10. The Hall–Kier alpha value is 0.217. The molecule has 0 nitrogen and oxygen atoms in total. The Labute approximate surface area is 55.5 Å². The molecule has 0 aliphatic rings. The van der Waals surface area contributed by atoms with Crippen LogP contribution in [0, 0.1) is 0 Å². The molecule has 0 fully saturated rings. The largest absolute Gasteiger partial charge is 0.0656 e. The van der Waals surface area contributed by atoms with Crippen LogP contribution in [0.5, 0.6) is 0 Å². The second-order valence-electron chi connectivity index (χ2n) is 3.55. The van der Waals surface area contributed by atoms with Crippen LogP contribution in [-0.2, 0) is 0 Å². The van der Waals surface area contributed by atoms with E-state index >= 15 is 0 Å². The van der Waals surface area contributed by atoms with Crippen molar-refractivity contribution >= 4 is 9.52 Å². The summed E-state index contributed by atoms with van der Waals surface area (Å²) >= 11 is 0. The SMILES string of the molecule is CC(C)[Si]C(C)(C)C. The Balaban J connectivity index is 3.39. The molecule has 0 aromatic carbocycles. The van der Waals surface area contributed by atoms with Gasteiger partial charge in [0.1, 0.15) is 0 Å². The Morgan fingerprint density at radius 3 is 1.50 bits per heavy atom. The highest BCUT2D eigenvalue weighted by atomic mass is 28.2. The molecule has 2 radical (unpaired) electrons. The fraction of sp³-hybridized carbons (Fsp3) is 1.00. The smallest absolute Gasteiger partial charge is 0.0474 e. The third-order valence-electron chi connectivity index (χ3n) is 0.722. The Kier molecular flexibility index (Phi) is 2.74. The maximum atomic E-state index is 2.30. The Bertz CT molecular complexity index is 59.3. The van der Waals surface area contributed by atoms with Crippen LogP contribution in [0.3, 0.4) is 0 Å². The highest BCUT2D eigenvalue weighted by Crippen LogP contribution is 2.24. The molecule has 0 aromatic heterocycles. The van der Waals surface area contributed by atoms with Crippen molar-refractivity contribution in [2.75, 3.05) is 0 Å². The van der Waals surface area contributed by atoms with Crippen molar-refractivity contribution in [2.45, 2.75) is 45.2 Å². The van der Waals surface area contributed by atoms with Crippen LogP contribution >= 0.6 is 0 Å². The Morgan fingerprint density at radius 2 is 1.50 bits per heavy atom. The summed E-state index contributed by atoms with van der Waals surface area (Å²) < 4.78 is 0. The number of hydrogen-bond donors (Lipinski definition) is 0. The van der Waals surface area contributed by atoms with Gasteiger partial charge in [0, 0.05) is 9.52 Å². The van der Waals surface area contributed by atoms with Crippen LogP contribution in [0.2, 0.25) is 10.6 Å². The van der Waals surface area contributed by atoms with Gasteiger partial charge in [0.05, 0.1) is 0 Å². The van der Waals surface area contributed by atoms with Crippen LogP contribution in [0.25, 0.3) is 0 Å². The highest BCUT2D eigenvalue weighted by Gasteiger charge is 2.12. The summed E-state index contributed by atoms with van der Waals surface area (Å²) in [5.41, 5.74) is 0.870. The first kappa shape index (κ1) is 8.22. The van der Waals surface area contributed by atoms with Gasteiger partial charge in [-0.1, -0.05) is 40.2 Å². The summed E-state index contributed by atoms with van der Waals surface area (Å²) in [6, 6.07) is 0. The minimum Gasteiger partial charge on any atom is -0.0656 e. The van der Waals surface area contributed by atoms with Gasteiger partial charge >= 0.3 is 0 Å². The highest BCUT2D eigenvalue weighted by molar-refractivity contribution is 6.41. The normalized spacial score (nSPS) is 12.8. The standard InChI is InChI=1S/C7H16Si/c1-6(2)8-7(3,4)5/h6H,1-5H3. The van der Waals surface area contributed by atoms with Crippen molar-refractivity contribution in [1.29, 1.82) is 0 Å². The van der Waals surface area contributed by atoms with Gasteiger partial charge in [-0.15, -0.1) is 0 Å². The molecule has 0 saturated heterocycles. The molecule has 0 atom stereocenters. The first-order valence-corrected chi connectivity index (χ1v) is 4.27. The third kappa shape index (κ3) is 6.22. The quantitative estimate of drug-likeness (QED) is 0.476. The third-order valence-corrected chi connectivity index (χ3v) is 2.17. The number of rotatable bonds is 1. The molecule has 8 heavy (non-hydrogen) atoms. The molecular formula is C7H16Si. The summed E-state index contributed by atoms with van der Waals surface area (Å²) in [5.74, 6) is 0. The van der Waals surface area contributed by atoms with E-state index in [0.717, 1.165) is 15.1 Å². The van der Waals surface area contributed by atoms with Crippen LogP contribution in [0.4, 0.5) is 0 Å². The minimum atomic E-state index is 0.550. The molecule has 0 aliphatic heterocycles. The first-order valence-electron chi connectivity index (χ1n) is 3.19. The van der Waals surface area contributed by atoms with Gasteiger partial charge in [-0.25, -0.2) is 0 Å². The van der Waals surface area contributed by atoms with E-state index in [1.807, 2.05) is 0 Å². The van der Waals surface area contributed by atoms with Crippen LogP contribution in [0.15, 0.2) is 0 Å². The fourth-order valence-electron chi connectivity index (χ4n) is 0.866. The van der Waals surface area contributed by atoms with E-state index in [1.165, 1.54) is 0 Å². The zero-order valence-corrected chi connectivity index (χ0v) is 7.58. The lowest BCUT2D eigenvalue weighted by Gasteiger charge is -2.18. The molecule has 0 bridgehead atoms. The van der Waals surface area contributed by atoms with Gasteiger partial charge in [-0.05, 0) is 5.04 Å². The Morgan fingerprint density at radius 1 is 1.12 bits per heavy atom. The van der Waals surface area contributed by atoms with Crippen molar-refractivity contribution < 1.29 is 0 Å². The van der Waals surface area contributed by atoms with E-state index in [9.17, 15) is 0 Å². The van der Waals surface area contributed by atoms with Crippen molar-refractivity contribution in [1.82, 2.24) is 0 Å². The molecule has 48 valence electrons. The van der Waals surface area contributed by atoms with Crippen molar-refractivity contribution in [2.24, 2.45) is 0 Å². The van der Waals surface area contributed by atoms with Crippen molar-refractivity contribution in [3.8, 4) is 0 Å². The van der Waals surface area contributed by atoms with Gasteiger partial charge in [0.15, 0.2) is 0 Å². The molecule has 0 aliphatic carbocycles. The van der Waals surface area contributed by atoms with Crippen LogP contribution in [-0.4, -0.2) is 9.52 Å². The fourth-order valence-corrected chi connectivity index (χ4v) is 2.60. The summed E-state index contributed by atoms with van der Waals surface area (Å²) in [6.07, 6.45) is 0. The number of hydrogen-bond acceptors (Lipinski definition) is 0. The zero-order chi connectivity index (χ0) is 6.78. The molecule has 0 spiro atoms. The first-order chi connectivity index (χ1) is 3.42. The molecule has 0 saturated carbocycles. The van der Waals surface area contributed by atoms with E-state index in [1.54, 1.807) is 0 Å². The molecular weight excluding hydrogens is 112 g/mol. The summed E-state index contributed by atoms with van der Waals surface area (Å²) in [6.45, 7) is 11.5. The lowest BCUT2D eigenvalue weighted by molar-refractivity contribution is 0.736. The van der Waals surface area contributed by atoms with Crippen LogP contribution < -0.4 is 0 Å². The average Bonchev–Trinajstić information content (AvgIpc) is 1.21. The van der Waals surface area contributed by atoms with E-state index in [4.69, 9.17) is 0 Å². The predicted octanol–water partition coefficient (Wildman–Crippen LogP) is 2.74. The lowest BCUT2D eigenvalue weighted by Crippen LogP contribution is -2.10. The van der Waals surface area contributed by atoms with E-state index in [2.05, 4.69) is 34.6 Å². The van der Waals surface area contributed by atoms with E-state index in [0.29, 0.717) is 5.04 Å².